The first-order valence-corrected chi connectivity index (χ1v) is 13.3. The third kappa shape index (κ3) is 4.45. The third-order valence-electron chi connectivity index (χ3n) is 7.58. The number of hydrogen-bond acceptors (Lipinski definition) is 6. The molecule has 0 aliphatic carbocycles. The Kier molecular flexibility index (Phi) is 8.54. The Balaban J connectivity index is 1.98. The number of carbonyl (C=O) groups is 3. The van der Waals surface area contributed by atoms with Crippen molar-refractivity contribution in [3.05, 3.63) is 12.7 Å². The van der Waals surface area contributed by atoms with Gasteiger partial charge in [-0.25, -0.2) is 0 Å². The van der Waals surface area contributed by atoms with Gasteiger partial charge in [0.15, 0.2) is 0 Å². The minimum Gasteiger partial charge on any atom is -0.466 e. The van der Waals surface area contributed by atoms with Crippen LogP contribution in [-0.2, 0) is 19.1 Å². The van der Waals surface area contributed by atoms with Gasteiger partial charge in [-0.15, -0.1) is 18.3 Å². The van der Waals surface area contributed by atoms with E-state index < -0.39 is 22.6 Å². The third-order valence-corrected chi connectivity index (χ3v) is 9.65. The zero-order valence-corrected chi connectivity index (χ0v) is 21.3. The minimum absolute atomic E-state index is 0.0157. The van der Waals surface area contributed by atoms with Crippen LogP contribution in [0.1, 0.15) is 59.8 Å². The molecule has 3 aliphatic heterocycles. The number of aliphatic hydroxyl groups excluding tert-OH is 1. The summed E-state index contributed by atoms with van der Waals surface area (Å²) in [5.41, 5.74) is 0. The summed E-state index contributed by atoms with van der Waals surface area (Å²) in [5.74, 6) is -1.26. The second-order valence-corrected chi connectivity index (χ2v) is 11.4. The van der Waals surface area contributed by atoms with Gasteiger partial charge in [-0.3, -0.25) is 14.4 Å². The van der Waals surface area contributed by atoms with Crippen molar-refractivity contribution >= 4 is 29.5 Å². The molecule has 3 heterocycles. The van der Waals surface area contributed by atoms with Crippen LogP contribution in [-0.4, -0.2) is 81.1 Å². The standard InChI is InChI=1S/C25H40N2O5S/c1-6-12-26(16(3)4)23(30)21-25-17(5)15-18(33-25)19(24(31)32-7-2)20(25)22(29)27(21)13-10-8-9-11-14-28/h6,16-21,28H,1,7-15H2,2-5H3/t17?,18-,19+,20+,21?,25?/m1/s1. The fraction of sp³-hybridized carbons (Fsp3) is 0.800. The number of hydrogen-bond donors (Lipinski definition) is 1. The van der Waals surface area contributed by atoms with E-state index in [2.05, 4.69) is 13.5 Å². The van der Waals surface area contributed by atoms with Crippen LogP contribution in [0.15, 0.2) is 12.7 Å². The smallest absolute Gasteiger partial charge is 0.310 e. The molecule has 3 fully saturated rings. The molecule has 2 bridgehead atoms. The molecule has 0 aromatic rings. The van der Waals surface area contributed by atoms with Crippen LogP contribution >= 0.6 is 11.8 Å². The molecule has 186 valence electrons. The highest BCUT2D eigenvalue weighted by molar-refractivity contribution is 8.02. The normalized spacial score (nSPS) is 32.4. The van der Waals surface area contributed by atoms with Gasteiger partial charge in [0, 0.05) is 31.0 Å². The average Bonchev–Trinajstić information content (AvgIpc) is 3.35. The maximum atomic E-state index is 14.1. The first-order valence-electron chi connectivity index (χ1n) is 12.4. The van der Waals surface area contributed by atoms with Crippen LogP contribution in [0, 0.1) is 17.8 Å². The van der Waals surface area contributed by atoms with Crippen LogP contribution in [0.2, 0.25) is 0 Å². The largest absolute Gasteiger partial charge is 0.466 e. The summed E-state index contributed by atoms with van der Waals surface area (Å²) in [6.07, 6.45) is 5.83. The summed E-state index contributed by atoms with van der Waals surface area (Å²) in [6, 6.07) is -0.605. The number of fused-ring (bicyclic) bond motifs is 1. The van der Waals surface area contributed by atoms with Gasteiger partial charge in [-0.2, -0.15) is 0 Å². The van der Waals surface area contributed by atoms with E-state index in [1.807, 2.05) is 13.8 Å². The van der Waals surface area contributed by atoms with Crippen molar-refractivity contribution in [1.82, 2.24) is 9.80 Å². The zero-order valence-electron chi connectivity index (χ0n) is 20.5. The fourth-order valence-electron chi connectivity index (χ4n) is 6.15. The molecular weight excluding hydrogens is 440 g/mol. The Hall–Kier alpha value is -1.54. The van der Waals surface area contributed by atoms with Gasteiger partial charge in [0.2, 0.25) is 11.8 Å². The van der Waals surface area contributed by atoms with Crippen molar-refractivity contribution in [2.24, 2.45) is 17.8 Å². The highest BCUT2D eigenvalue weighted by Gasteiger charge is 2.76. The monoisotopic (exact) mass is 480 g/mol. The van der Waals surface area contributed by atoms with Crippen molar-refractivity contribution in [3.8, 4) is 0 Å². The van der Waals surface area contributed by atoms with E-state index in [1.54, 1.807) is 34.6 Å². The summed E-state index contributed by atoms with van der Waals surface area (Å²) < 4.78 is 4.79. The van der Waals surface area contributed by atoms with Gasteiger partial charge in [0.05, 0.1) is 23.2 Å². The first-order chi connectivity index (χ1) is 15.8. The zero-order chi connectivity index (χ0) is 24.3. The van der Waals surface area contributed by atoms with Gasteiger partial charge < -0.3 is 19.6 Å². The number of thioether (sulfide) groups is 1. The molecule has 3 aliphatic rings. The molecule has 1 N–H and O–H groups in total. The molecule has 3 saturated heterocycles. The van der Waals surface area contributed by atoms with Crippen LogP contribution in [0.4, 0.5) is 0 Å². The lowest BCUT2D eigenvalue weighted by Crippen LogP contribution is -2.58. The molecule has 3 rings (SSSR count). The summed E-state index contributed by atoms with van der Waals surface area (Å²) in [4.78, 5) is 44.5. The van der Waals surface area contributed by atoms with E-state index in [1.165, 1.54) is 0 Å². The highest BCUT2D eigenvalue weighted by atomic mass is 32.2. The second kappa shape index (κ2) is 10.8. The summed E-state index contributed by atoms with van der Waals surface area (Å²) >= 11 is 1.69. The molecule has 0 aromatic heterocycles. The number of unbranched alkanes of at least 4 members (excludes halogenated alkanes) is 3. The quantitative estimate of drug-likeness (QED) is 0.263. The topological polar surface area (TPSA) is 87.2 Å². The van der Waals surface area contributed by atoms with Crippen LogP contribution in [0.3, 0.4) is 0 Å². The van der Waals surface area contributed by atoms with Gasteiger partial charge in [-0.05, 0) is 46.0 Å². The summed E-state index contributed by atoms with van der Waals surface area (Å²) in [6.45, 7) is 13.1. The van der Waals surface area contributed by atoms with Crippen molar-refractivity contribution in [1.29, 1.82) is 0 Å². The van der Waals surface area contributed by atoms with Gasteiger partial charge in [0.25, 0.3) is 0 Å². The first kappa shape index (κ1) is 26.1. The SMILES string of the molecule is C=CCN(C(=O)C1N(CCCCCCO)C(=O)[C@@H]2[C@@H](C(=O)OCC)[C@H]3CC(C)C12S3)C(C)C. The second-order valence-electron chi connectivity index (χ2n) is 9.85. The number of carbonyl (C=O) groups excluding carboxylic acids is 3. The van der Waals surface area contributed by atoms with E-state index in [-0.39, 0.29) is 48.2 Å². The van der Waals surface area contributed by atoms with E-state index in [4.69, 9.17) is 9.84 Å². The lowest BCUT2D eigenvalue weighted by molar-refractivity contribution is -0.154. The van der Waals surface area contributed by atoms with Crippen molar-refractivity contribution in [3.63, 3.8) is 0 Å². The minimum atomic E-state index is -0.602. The Morgan fingerprint density at radius 1 is 1.33 bits per heavy atom. The number of rotatable bonds is 12. The number of nitrogens with zero attached hydrogens (tertiary/aromatic N) is 2. The molecular formula is C25H40N2O5S. The summed E-state index contributed by atoms with van der Waals surface area (Å²) in [7, 11) is 0. The Morgan fingerprint density at radius 3 is 2.64 bits per heavy atom. The molecule has 3 unspecified atom stereocenters. The Bertz CT molecular complexity index is 759. The molecule has 6 atom stereocenters. The Labute approximate surface area is 202 Å². The van der Waals surface area contributed by atoms with E-state index in [0.29, 0.717) is 13.1 Å². The van der Waals surface area contributed by atoms with Crippen LogP contribution < -0.4 is 0 Å². The molecule has 7 nitrogen and oxygen atoms in total. The molecule has 0 saturated carbocycles. The molecule has 33 heavy (non-hydrogen) atoms. The van der Waals surface area contributed by atoms with E-state index >= 15 is 0 Å². The maximum absolute atomic E-state index is 14.1. The number of ether oxygens (including phenoxy) is 1. The van der Waals surface area contributed by atoms with Crippen molar-refractivity contribution in [2.75, 3.05) is 26.3 Å². The van der Waals surface area contributed by atoms with Crippen LogP contribution in [0.25, 0.3) is 0 Å². The number of likely N-dealkylation sites (tertiary alicyclic amines) is 1. The molecule has 0 radical (unpaired) electrons. The van der Waals surface area contributed by atoms with Crippen molar-refractivity contribution in [2.45, 2.75) is 81.9 Å². The molecule has 0 aromatic carbocycles. The number of amides is 2. The van der Waals surface area contributed by atoms with E-state index in [0.717, 1.165) is 32.1 Å². The predicted molar refractivity (Wildman–Crippen MR) is 130 cm³/mol. The molecule has 1 spiro atoms. The number of aliphatic hydroxyl groups is 1. The average molecular weight is 481 g/mol. The molecule has 8 heteroatoms. The Morgan fingerprint density at radius 2 is 2.03 bits per heavy atom. The highest BCUT2D eigenvalue weighted by Crippen LogP contribution is 2.68. The lowest BCUT2D eigenvalue weighted by atomic mass is 9.66. The maximum Gasteiger partial charge on any atom is 0.310 e. The molecule has 2 amide bonds. The predicted octanol–water partition coefficient (Wildman–Crippen LogP) is 2.86. The number of esters is 1. The van der Waals surface area contributed by atoms with E-state index in [9.17, 15) is 14.4 Å². The van der Waals surface area contributed by atoms with Gasteiger partial charge in [-0.1, -0.05) is 25.8 Å². The van der Waals surface area contributed by atoms with Gasteiger partial charge in [0.1, 0.15) is 6.04 Å². The lowest BCUT2D eigenvalue weighted by Gasteiger charge is -2.41. The summed E-state index contributed by atoms with van der Waals surface area (Å²) in [5, 5.41) is 9.08. The van der Waals surface area contributed by atoms with Crippen LogP contribution in [0.5, 0.6) is 0 Å². The van der Waals surface area contributed by atoms with Crippen molar-refractivity contribution < 1.29 is 24.2 Å². The van der Waals surface area contributed by atoms with Gasteiger partial charge >= 0.3 is 5.97 Å². The fourth-order valence-corrected chi connectivity index (χ4v) is 8.55.